The zero-order valence-electron chi connectivity index (χ0n) is 15.4. The fraction of sp³-hybridized carbons (Fsp3) is 0.316. The van der Waals surface area contributed by atoms with Crippen molar-refractivity contribution >= 4 is 17.5 Å². The van der Waals surface area contributed by atoms with Crippen molar-refractivity contribution in [3.8, 4) is 5.75 Å². The first-order valence-corrected chi connectivity index (χ1v) is 8.67. The van der Waals surface area contributed by atoms with E-state index in [4.69, 9.17) is 9.47 Å². The Hall–Kier alpha value is -3.14. The third kappa shape index (κ3) is 5.23. The number of methoxy groups -OCH3 is 1. The summed E-state index contributed by atoms with van der Waals surface area (Å²) in [5, 5.41) is 5.00. The molecule has 0 bridgehead atoms. The number of alkyl halides is 3. The highest BCUT2D eigenvalue weighted by atomic mass is 19.4. The fourth-order valence-corrected chi connectivity index (χ4v) is 2.77. The summed E-state index contributed by atoms with van der Waals surface area (Å²) in [5.74, 6) is -1.04. The minimum atomic E-state index is -4.69. The smallest absolute Gasteiger partial charge is 0.416 e. The molecule has 1 aromatic heterocycles. The van der Waals surface area contributed by atoms with Crippen molar-refractivity contribution in [2.75, 3.05) is 25.6 Å². The van der Waals surface area contributed by atoms with Crippen LogP contribution in [-0.2, 0) is 10.9 Å². The van der Waals surface area contributed by atoms with Gasteiger partial charge in [0.25, 0.3) is 11.8 Å². The maximum absolute atomic E-state index is 13.3. The van der Waals surface area contributed by atoms with E-state index in [2.05, 4.69) is 15.6 Å². The summed E-state index contributed by atoms with van der Waals surface area (Å²) in [7, 11) is 1.39. The average molecular weight is 409 g/mol. The predicted molar refractivity (Wildman–Crippen MR) is 96.9 cm³/mol. The number of amides is 2. The van der Waals surface area contributed by atoms with Crippen molar-refractivity contribution in [2.24, 2.45) is 0 Å². The summed E-state index contributed by atoms with van der Waals surface area (Å²) >= 11 is 0. The summed E-state index contributed by atoms with van der Waals surface area (Å²) in [4.78, 5) is 28.6. The van der Waals surface area contributed by atoms with Gasteiger partial charge in [0.2, 0.25) is 0 Å². The van der Waals surface area contributed by atoms with Crippen LogP contribution in [0.2, 0.25) is 0 Å². The van der Waals surface area contributed by atoms with Crippen molar-refractivity contribution in [3.05, 3.63) is 53.3 Å². The summed E-state index contributed by atoms with van der Waals surface area (Å²) in [6.07, 6.45) is -1.48. The van der Waals surface area contributed by atoms with Crippen LogP contribution in [0, 0.1) is 0 Å². The lowest BCUT2D eigenvalue weighted by molar-refractivity contribution is -0.137. The van der Waals surface area contributed by atoms with Gasteiger partial charge >= 0.3 is 6.18 Å². The van der Waals surface area contributed by atoms with Crippen LogP contribution in [0.1, 0.15) is 32.7 Å². The molecule has 2 aromatic rings. The van der Waals surface area contributed by atoms with Crippen molar-refractivity contribution in [3.63, 3.8) is 0 Å². The lowest BCUT2D eigenvalue weighted by atomic mass is 10.1. The number of carbonyl (C=O) groups is 2. The molecule has 1 aliphatic heterocycles. The van der Waals surface area contributed by atoms with E-state index in [1.54, 1.807) is 0 Å². The highest BCUT2D eigenvalue weighted by Gasteiger charge is 2.32. The van der Waals surface area contributed by atoms with Crippen molar-refractivity contribution in [1.29, 1.82) is 0 Å². The molecule has 0 radical (unpaired) electrons. The molecule has 0 aliphatic carbocycles. The summed E-state index contributed by atoms with van der Waals surface area (Å²) < 4.78 is 50.0. The van der Waals surface area contributed by atoms with Gasteiger partial charge in [0.15, 0.2) is 0 Å². The second kappa shape index (κ2) is 8.48. The molecule has 0 spiro atoms. The van der Waals surface area contributed by atoms with Gasteiger partial charge in [-0.15, -0.1) is 0 Å². The molecule has 10 heteroatoms. The van der Waals surface area contributed by atoms with Gasteiger partial charge in [-0.25, -0.2) is 0 Å². The highest BCUT2D eigenvalue weighted by Crippen LogP contribution is 2.32. The number of hydrogen-bond acceptors (Lipinski definition) is 5. The summed E-state index contributed by atoms with van der Waals surface area (Å²) in [6, 6.07) is 3.82. The van der Waals surface area contributed by atoms with E-state index >= 15 is 0 Å². The number of halogens is 3. The van der Waals surface area contributed by atoms with Gasteiger partial charge in [0.1, 0.15) is 5.75 Å². The van der Waals surface area contributed by atoms with Crippen LogP contribution in [0.4, 0.5) is 18.9 Å². The lowest BCUT2D eigenvalue weighted by Crippen LogP contribution is -2.35. The van der Waals surface area contributed by atoms with Crippen LogP contribution in [0.5, 0.6) is 5.75 Å². The summed E-state index contributed by atoms with van der Waals surface area (Å²) in [6.45, 7) is 0.778. The van der Waals surface area contributed by atoms with Crippen molar-refractivity contribution in [1.82, 2.24) is 10.3 Å². The second-order valence-corrected chi connectivity index (χ2v) is 6.40. The molecule has 29 heavy (non-hydrogen) atoms. The molecule has 154 valence electrons. The SMILES string of the molecule is COc1cncc(C(=O)Nc2cc(C(=O)NC3CCOC3)cc(C(F)(F)F)c2)c1. The first-order chi connectivity index (χ1) is 13.8. The lowest BCUT2D eigenvalue weighted by Gasteiger charge is -2.15. The minimum Gasteiger partial charge on any atom is -0.495 e. The number of nitrogens with one attached hydrogen (secondary N) is 2. The molecule has 1 atom stereocenters. The molecule has 0 saturated carbocycles. The maximum Gasteiger partial charge on any atom is 0.416 e. The molecular formula is C19H18F3N3O4. The van der Waals surface area contributed by atoms with Gasteiger partial charge in [-0.05, 0) is 30.7 Å². The van der Waals surface area contributed by atoms with E-state index in [0.717, 1.165) is 12.1 Å². The maximum atomic E-state index is 13.3. The average Bonchev–Trinajstić information content (AvgIpc) is 3.20. The Bertz CT molecular complexity index is 912. The quantitative estimate of drug-likeness (QED) is 0.793. The Morgan fingerprint density at radius 3 is 2.59 bits per heavy atom. The minimum absolute atomic E-state index is 0.0934. The molecule has 1 unspecified atom stereocenters. The van der Waals surface area contributed by atoms with E-state index < -0.39 is 23.6 Å². The van der Waals surface area contributed by atoms with Crippen LogP contribution in [0.15, 0.2) is 36.7 Å². The number of hydrogen-bond donors (Lipinski definition) is 2. The largest absolute Gasteiger partial charge is 0.495 e. The third-order valence-electron chi connectivity index (χ3n) is 4.26. The molecule has 2 amide bonds. The number of aromatic nitrogens is 1. The Morgan fingerprint density at radius 2 is 1.93 bits per heavy atom. The molecule has 7 nitrogen and oxygen atoms in total. The normalized spacial score (nSPS) is 16.3. The van der Waals surface area contributed by atoms with E-state index in [9.17, 15) is 22.8 Å². The van der Waals surface area contributed by atoms with Gasteiger partial charge in [-0.2, -0.15) is 13.2 Å². The van der Waals surface area contributed by atoms with Crippen molar-refractivity contribution in [2.45, 2.75) is 18.6 Å². The molecule has 1 aliphatic rings. The molecular weight excluding hydrogens is 391 g/mol. The van der Waals surface area contributed by atoms with Gasteiger partial charge in [0, 0.05) is 24.1 Å². The molecule has 3 rings (SSSR count). The third-order valence-corrected chi connectivity index (χ3v) is 4.26. The van der Waals surface area contributed by atoms with E-state index in [-0.39, 0.29) is 22.9 Å². The van der Waals surface area contributed by atoms with Crippen LogP contribution in [-0.4, -0.2) is 43.2 Å². The Labute approximate surface area is 164 Å². The standard InChI is InChI=1S/C19H18F3N3O4/c1-28-16-6-12(8-23-9-16)18(27)25-15-5-11(4-13(7-15)19(20,21)22)17(26)24-14-2-3-29-10-14/h4-9,14H,2-3,10H2,1H3,(H,24,26)(H,25,27). The number of rotatable bonds is 5. The van der Waals surface area contributed by atoms with Gasteiger partial charge in [-0.3, -0.25) is 14.6 Å². The van der Waals surface area contributed by atoms with Gasteiger partial charge < -0.3 is 20.1 Å². The van der Waals surface area contributed by atoms with Crippen LogP contribution in [0.25, 0.3) is 0 Å². The number of benzene rings is 1. The number of anilines is 1. The number of carbonyl (C=O) groups excluding carboxylic acids is 2. The van der Waals surface area contributed by atoms with Crippen LogP contribution >= 0.6 is 0 Å². The van der Waals surface area contributed by atoms with Gasteiger partial charge in [0.05, 0.1) is 37.1 Å². The number of pyridine rings is 1. The first-order valence-electron chi connectivity index (χ1n) is 8.67. The topological polar surface area (TPSA) is 89.5 Å². The highest BCUT2D eigenvalue weighted by molar-refractivity contribution is 6.05. The number of ether oxygens (including phenoxy) is 2. The Morgan fingerprint density at radius 1 is 1.14 bits per heavy atom. The zero-order chi connectivity index (χ0) is 21.0. The van der Waals surface area contributed by atoms with Crippen LogP contribution in [0.3, 0.4) is 0 Å². The Kier molecular flexibility index (Phi) is 6.02. The van der Waals surface area contributed by atoms with E-state index in [1.807, 2.05) is 0 Å². The van der Waals surface area contributed by atoms with Crippen LogP contribution < -0.4 is 15.4 Å². The molecule has 1 fully saturated rings. The number of nitrogens with zero attached hydrogens (tertiary/aromatic N) is 1. The predicted octanol–water partition coefficient (Wildman–Crippen LogP) is 2.88. The van der Waals surface area contributed by atoms with E-state index in [1.165, 1.54) is 31.6 Å². The molecule has 1 aromatic carbocycles. The second-order valence-electron chi connectivity index (χ2n) is 6.40. The summed E-state index contributed by atoms with van der Waals surface area (Å²) in [5.41, 5.74) is -1.34. The first kappa shape index (κ1) is 20.6. The molecule has 2 heterocycles. The molecule has 2 N–H and O–H groups in total. The monoisotopic (exact) mass is 409 g/mol. The van der Waals surface area contributed by atoms with Gasteiger partial charge in [-0.1, -0.05) is 0 Å². The zero-order valence-corrected chi connectivity index (χ0v) is 15.4. The van der Waals surface area contributed by atoms with Crippen molar-refractivity contribution < 1.29 is 32.2 Å². The fourth-order valence-electron chi connectivity index (χ4n) is 2.77. The molecule has 1 saturated heterocycles. The Balaban J connectivity index is 1.86. The van der Waals surface area contributed by atoms with E-state index in [0.29, 0.717) is 25.4 Å².